The van der Waals surface area contributed by atoms with E-state index in [1.54, 1.807) is 18.4 Å². The van der Waals surface area contributed by atoms with Crippen LogP contribution < -0.4 is 11.3 Å². The third kappa shape index (κ3) is 3.12. The molecule has 0 amide bonds. The first kappa shape index (κ1) is 14.4. The topological polar surface area (TPSA) is 56.5 Å². The smallest absolute Gasteiger partial charge is 0.0891 e. The molecular formula is C12H19BrN2O2S. The van der Waals surface area contributed by atoms with Crippen LogP contribution in [0.15, 0.2) is 15.9 Å². The van der Waals surface area contributed by atoms with Crippen molar-refractivity contribution in [2.24, 2.45) is 5.84 Å². The first-order valence-electron chi connectivity index (χ1n) is 6.02. The fraction of sp³-hybridized carbons (Fsp3) is 0.667. The van der Waals surface area contributed by atoms with Crippen LogP contribution in [-0.4, -0.2) is 32.0 Å². The van der Waals surface area contributed by atoms with Crippen LogP contribution in [0.4, 0.5) is 0 Å². The van der Waals surface area contributed by atoms with Crippen molar-refractivity contribution in [3.05, 3.63) is 20.8 Å². The third-order valence-electron chi connectivity index (χ3n) is 3.61. The summed E-state index contributed by atoms with van der Waals surface area (Å²) >= 11 is 5.22. The third-order valence-corrected chi connectivity index (χ3v) is 5.33. The van der Waals surface area contributed by atoms with Crippen molar-refractivity contribution in [2.45, 2.75) is 30.9 Å². The van der Waals surface area contributed by atoms with E-state index in [1.807, 2.05) is 0 Å². The zero-order valence-corrected chi connectivity index (χ0v) is 12.9. The quantitative estimate of drug-likeness (QED) is 0.639. The summed E-state index contributed by atoms with van der Waals surface area (Å²) < 4.78 is 12.3. The highest BCUT2D eigenvalue weighted by atomic mass is 79.9. The van der Waals surface area contributed by atoms with E-state index in [0.29, 0.717) is 0 Å². The van der Waals surface area contributed by atoms with Gasteiger partial charge in [-0.25, -0.2) is 0 Å². The van der Waals surface area contributed by atoms with Gasteiger partial charge in [-0.1, -0.05) is 0 Å². The van der Waals surface area contributed by atoms with Gasteiger partial charge in [-0.2, -0.15) is 0 Å². The molecule has 6 heteroatoms. The average Bonchev–Trinajstić information content (AvgIpc) is 2.82. The van der Waals surface area contributed by atoms with E-state index >= 15 is 0 Å². The fourth-order valence-electron chi connectivity index (χ4n) is 2.47. The molecule has 0 saturated carbocycles. The second kappa shape index (κ2) is 6.45. The van der Waals surface area contributed by atoms with E-state index < -0.39 is 0 Å². The van der Waals surface area contributed by atoms with Crippen LogP contribution in [0.2, 0.25) is 0 Å². The Morgan fingerprint density at radius 3 is 2.83 bits per heavy atom. The maximum absolute atomic E-state index is 5.78. The summed E-state index contributed by atoms with van der Waals surface area (Å²) in [5, 5.41) is 2.09. The number of thiophene rings is 1. The van der Waals surface area contributed by atoms with E-state index in [-0.39, 0.29) is 11.6 Å². The number of hydrogen-bond acceptors (Lipinski definition) is 5. The summed E-state index contributed by atoms with van der Waals surface area (Å²) in [5.74, 6) is 5.74. The molecule has 18 heavy (non-hydrogen) atoms. The van der Waals surface area contributed by atoms with Gasteiger partial charge in [0, 0.05) is 54.3 Å². The predicted octanol–water partition coefficient (Wildman–Crippen LogP) is 2.08. The standard InChI is InChI=1S/C12H19BrN2O2S/c1-16-12(2-4-17-5-3-12)11(15-14)7-10-6-9(13)8-18-10/h6,8,11,15H,2-5,7,14H2,1H3. The maximum atomic E-state index is 5.78. The minimum atomic E-state index is -0.219. The van der Waals surface area contributed by atoms with Gasteiger partial charge in [0.15, 0.2) is 0 Å². The lowest BCUT2D eigenvalue weighted by Crippen LogP contribution is -2.57. The van der Waals surface area contributed by atoms with E-state index in [4.69, 9.17) is 15.3 Å². The molecular weight excluding hydrogens is 316 g/mol. The molecule has 0 bridgehead atoms. The van der Waals surface area contributed by atoms with E-state index in [9.17, 15) is 0 Å². The summed E-state index contributed by atoms with van der Waals surface area (Å²) in [6.07, 6.45) is 2.64. The molecule has 1 fully saturated rings. The number of nitrogens with two attached hydrogens (primary N) is 1. The SMILES string of the molecule is COC1(C(Cc2cc(Br)cs2)NN)CCOCC1. The van der Waals surface area contributed by atoms with Crippen LogP contribution in [0.1, 0.15) is 17.7 Å². The molecule has 2 rings (SSSR count). The Bertz CT molecular complexity index is 380. The number of ether oxygens (including phenoxy) is 2. The number of halogens is 1. The molecule has 0 aromatic carbocycles. The summed E-state index contributed by atoms with van der Waals surface area (Å²) in [6, 6.07) is 2.24. The molecule has 2 heterocycles. The Morgan fingerprint density at radius 2 is 2.33 bits per heavy atom. The Labute approximate surface area is 120 Å². The molecule has 1 aliphatic rings. The van der Waals surface area contributed by atoms with Crippen LogP contribution in [-0.2, 0) is 15.9 Å². The van der Waals surface area contributed by atoms with Gasteiger partial charge in [0.2, 0.25) is 0 Å². The molecule has 0 aliphatic carbocycles. The number of rotatable bonds is 5. The van der Waals surface area contributed by atoms with Crippen LogP contribution in [0.3, 0.4) is 0 Å². The highest BCUT2D eigenvalue weighted by Crippen LogP contribution is 2.31. The van der Waals surface area contributed by atoms with Gasteiger partial charge < -0.3 is 9.47 Å². The first-order chi connectivity index (χ1) is 8.70. The molecule has 102 valence electrons. The molecule has 3 N–H and O–H groups in total. The highest BCUT2D eigenvalue weighted by Gasteiger charge is 2.40. The van der Waals surface area contributed by atoms with Crippen LogP contribution in [0, 0.1) is 0 Å². The van der Waals surface area contributed by atoms with Crippen molar-refractivity contribution in [3.8, 4) is 0 Å². The minimum absolute atomic E-state index is 0.108. The Morgan fingerprint density at radius 1 is 1.61 bits per heavy atom. The Balaban J connectivity index is 2.10. The van der Waals surface area contributed by atoms with E-state index in [0.717, 1.165) is 36.9 Å². The zero-order chi connectivity index (χ0) is 13.0. The summed E-state index contributed by atoms with van der Waals surface area (Å²) in [7, 11) is 1.76. The lowest BCUT2D eigenvalue weighted by molar-refractivity contribution is -0.110. The Kier molecular flexibility index (Phi) is 5.17. The lowest BCUT2D eigenvalue weighted by atomic mass is 9.84. The first-order valence-corrected chi connectivity index (χ1v) is 7.69. The van der Waals surface area contributed by atoms with Crippen molar-refractivity contribution in [1.82, 2.24) is 5.43 Å². The number of hydrogen-bond donors (Lipinski definition) is 2. The minimum Gasteiger partial charge on any atom is -0.381 e. The largest absolute Gasteiger partial charge is 0.381 e. The van der Waals surface area contributed by atoms with Crippen molar-refractivity contribution in [1.29, 1.82) is 0 Å². The van der Waals surface area contributed by atoms with Gasteiger partial charge in [0.25, 0.3) is 0 Å². The van der Waals surface area contributed by atoms with Crippen LogP contribution in [0.5, 0.6) is 0 Å². The van der Waals surface area contributed by atoms with Gasteiger partial charge in [0.1, 0.15) is 0 Å². The Hall–Kier alpha value is 0.0200. The van der Waals surface area contributed by atoms with E-state index in [2.05, 4.69) is 32.8 Å². The summed E-state index contributed by atoms with van der Waals surface area (Å²) in [4.78, 5) is 1.30. The second-order valence-corrected chi connectivity index (χ2v) is 6.45. The number of methoxy groups -OCH3 is 1. The molecule has 0 spiro atoms. The molecule has 1 atom stereocenters. The molecule has 1 aliphatic heterocycles. The van der Waals surface area contributed by atoms with Crippen LogP contribution >= 0.6 is 27.3 Å². The summed E-state index contributed by atoms with van der Waals surface area (Å²) in [6.45, 7) is 1.47. The highest BCUT2D eigenvalue weighted by molar-refractivity contribution is 9.10. The van der Waals surface area contributed by atoms with Gasteiger partial charge in [-0.15, -0.1) is 11.3 Å². The molecule has 1 saturated heterocycles. The van der Waals surface area contributed by atoms with Crippen LogP contribution in [0.25, 0.3) is 0 Å². The molecule has 1 aromatic rings. The predicted molar refractivity (Wildman–Crippen MR) is 76.6 cm³/mol. The van der Waals surface area contributed by atoms with Gasteiger partial charge in [0.05, 0.1) is 11.6 Å². The van der Waals surface area contributed by atoms with Crippen molar-refractivity contribution in [2.75, 3.05) is 20.3 Å². The van der Waals surface area contributed by atoms with Crippen molar-refractivity contribution >= 4 is 27.3 Å². The molecule has 0 radical (unpaired) electrons. The van der Waals surface area contributed by atoms with Gasteiger partial charge in [-0.05, 0) is 22.0 Å². The van der Waals surface area contributed by atoms with E-state index in [1.165, 1.54) is 4.88 Å². The second-order valence-electron chi connectivity index (χ2n) is 4.54. The number of hydrazine groups is 1. The normalized spacial score (nSPS) is 20.8. The molecule has 4 nitrogen and oxygen atoms in total. The zero-order valence-electron chi connectivity index (χ0n) is 10.4. The van der Waals surface area contributed by atoms with Gasteiger partial charge >= 0.3 is 0 Å². The number of nitrogens with one attached hydrogen (secondary N) is 1. The van der Waals surface area contributed by atoms with Crippen molar-refractivity contribution < 1.29 is 9.47 Å². The lowest BCUT2D eigenvalue weighted by Gasteiger charge is -2.41. The fourth-order valence-corrected chi connectivity index (χ4v) is 3.97. The van der Waals surface area contributed by atoms with Gasteiger partial charge in [-0.3, -0.25) is 11.3 Å². The average molecular weight is 335 g/mol. The summed E-state index contributed by atoms with van der Waals surface area (Å²) in [5.41, 5.74) is 2.71. The molecule has 1 unspecified atom stereocenters. The maximum Gasteiger partial charge on any atom is 0.0891 e. The monoisotopic (exact) mass is 334 g/mol. The molecule has 1 aromatic heterocycles. The van der Waals surface area contributed by atoms with Crippen molar-refractivity contribution in [3.63, 3.8) is 0 Å².